The number of rotatable bonds is 2. The second kappa shape index (κ2) is 4.80. The lowest BCUT2D eigenvalue weighted by Crippen LogP contribution is -2.65. The molecule has 0 aromatic carbocycles. The number of oxime groups is 1. The number of carbonyl (C=O) groups is 1. The first-order chi connectivity index (χ1) is 7.45. The van der Waals surface area contributed by atoms with Gasteiger partial charge in [-0.05, 0) is 13.8 Å². The number of amides is 1. The van der Waals surface area contributed by atoms with Crippen molar-refractivity contribution in [2.45, 2.75) is 31.7 Å². The van der Waals surface area contributed by atoms with E-state index in [1.54, 1.807) is 0 Å². The van der Waals surface area contributed by atoms with Crippen LogP contribution in [0.3, 0.4) is 0 Å². The smallest absolute Gasteiger partial charge is 0.298 e. The van der Waals surface area contributed by atoms with Crippen molar-refractivity contribution >= 4 is 12.3 Å². The van der Waals surface area contributed by atoms with Crippen LogP contribution in [0.1, 0.15) is 13.8 Å². The summed E-state index contributed by atoms with van der Waals surface area (Å²) in [6.45, 7) is 1.03. The van der Waals surface area contributed by atoms with E-state index in [0.29, 0.717) is 5.32 Å². The van der Waals surface area contributed by atoms with E-state index in [0.717, 1.165) is 6.21 Å². The summed E-state index contributed by atoms with van der Waals surface area (Å²) in [5.74, 6) is 0. The SMILES string of the molecule is CC=NOC(=O)NC(C)(C(F)(F)F)C(F)(F)F. The highest BCUT2D eigenvalue weighted by Crippen LogP contribution is 2.42. The molecule has 0 spiro atoms. The molecule has 0 rings (SSSR count). The molecule has 0 atom stereocenters. The third-order valence-corrected chi connectivity index (χ3v) is 1.73. The van der Waals surface area contributed by atoms with Gasteiger partial charge in [-0.15, -0.1) is 0 Å². The van der Waals surface area contributed by atoms with Crippen LogP contribution in [0.2, 0.25) is 0 Å². The maximum Gasteiger partial charge on any atom is 0.434 e. The molecule has 0 aliphatic heterocycles. The van der Waals surface area contributed by atoms with Gasteiger partial charge in [0.2, 0.25) is 5.54 Å². The van der Waals surface area contributed by atoms with Crippen LogP contribution in [0.5, 0.6) is 0 Å². The minimum atomic E-state index is -5.72. The summed E-state index contributed by atoms with van der Waals surface area (Å²) in [7, 11) is 0. The Balaban J connectivity index is 5.06. The molecule has 0 aliphatic rings. The molecule has 0 aliphatic carbocycles. The summed E-state index contributed by atoms with van der Waals surface area (Å²) in [6.07, 6.45) is -12.5. The largest absolute Gasteiger partial charge is 0.434 e. The predicted molar refractivity (Wildman–Crippen MR) is 44.3 cm³/mol. The molecule has 0 heterocycles. The summed E-state index contributed by atoms with van der Waals surface area (Å²) in [5.41, 5.74) is -4.40. The lowest BCUT2D eigenvalue weighted by molar-refractivity contribution is -0.298. The Morgan fingerprint density at radius 3 is 1.88 bits per heavy atom. The van der Waals surface area contributed by atoms with E-state index >= 15 is 0 Å². The van der Waals surface area contributed by atoms with Crippen molar-refractivity contribution in [2.24, 2.45) is 5.16 Å². The number of hydrogen-bond donors (Lipinski definition) is 1. The summed E-state index contributed by atoms with van der Waals surface area (Å²) in [4.78, 5) is 14.4. The van der Waals surface area contributed by atoms with Crippen LogP contribution in [-0.4, -0.2) is 30.2 Å². The van der Waals surface area contributed by atoms with Crippen LogP contribution in [0, 0.1) is 0 Å². The van der Waals surface area contributed by atoms with Gasteiger partial charge < -0.3 is 0 Å². The van der Waals surface area contributed by atoms with Gasteiger partial charge in [-0.25, -0.2) is 4.79 Å². The number of alkyl halides is 6. The van der Waals surface area contributed by atoms with Gasteiger partial charge in [-0.1, -0.05) is 5.16 Å². The molecule has 10 heteroatoms. The van der Waals surface area contributed by atoms with Crippen LogP contribution in [0.25, 0.3) is 0 Å². The summed E-state index contributed by atoms with van der Waals surface area (Å²) < 4.78 is 73.5. The second-order valence-corrected chi connectivity index (χ2v) is 2.99. The molecule has 0 saturated carbocycles. The molecule has 1 N–H and O–H groups in total. The van der Waals surface area contributed by atoms with Crippen molar-refractivity contribution < 1.29 is 36.0 Å². The quantitative estimate of drug-likeness (QED) is 0.361. The summed E-state index contributed by atoms with van der Waals surface area (Å²) in [5, 5.41) is 3.43. The van der Waals surface area contributed by atoms with Crippen LogP contribution in [-0.2, 0) is 4.84 Å². The number of halogens is 6. The number of nitrogens with one attached hydrogen (secondary N) is 1. The van der Waals surface area contributed by atoms with E-state index in [1.807, 2.05) is 0 Å². The molecule has 0 bridgehead atoms. The van der Waals surface area contributed by atoms with Gasteiger partial charge in [0.05, 0.1) is 0 Å². The van der Waals surface area contributed by atoms with Gasteiger partial charge in [0.25, 0.3) is 0 Å². The van der Waals surface area contributed by atoms with E-state index in [4.69, 9.17) is 0 Å². The Morgan fingerprint density at radius 1 is 1.18 bits per heavy atom. The van der Waals surface area contributed by atoms with Crippen molar-refractivity contribution in [2.75, 3.05) is 0 Å². The van der Waals surface area contributed by atoms with Crippen molar-refractivity contribution in [3.63, 3.8) is 0 Å². The molecule has 1 amide bonds. The van der Waals surface area contributed by atoms with E-state index in [2.05, 4.69) is 9.99 Å². The Kier molecular flexibility index (Phi) is 4.38. The van der Waals surface area contributed by atoms with Crippen LogP contribution >= 0.6 is 0 Å². The fourth-order valence-electron chi connectivity index (χ4n) is 0.630. The highest BCUT2D eigenvalue weighted by atomic mass is 19.4. The first-order valence-corrected chi connectivity index (χ1v) is 4.06. The Bertz CT molecular complexity index is 294. The van der Waals surface area contributed by atoms with Gasteiger partial charge in [-0.2, -0.15) is 26.3 Å². The zero-order valence-corrected chi connectivity index (χ0v) is 8.61. The molecule has 0 aromatic heterocycles. The Hall–Kier alpha value is -1.48. The third kappa shape index (κ3) is 3.49. The molecule has 4 nitrogen and oxygen atoms in total. The molecule has 0 unspecified atom stereocenters. The van der Waals surface area contributed by atoms with Crippen molar-refractivity contribution in [1.82, 2.24) is 5.32 Å². The monoisotopic (exact) mass is 266 g/mol. The number of carbonyl (C=O) groups excluding carboxylic acids is 1. The van der Waals surface area contributed by atoms with Gasteiger partial charge >= 0.3 is 18.4 Å². The van der Waals surface area contributed by atoms with Gasteiger partial charge in [0.15, 0.2) is 0 Å². The average Bonchev–Trinajstić information content (AvgIpc) is 2.10. The molecule has 0 radical (unpaired) electrons. The standard InChI is InChI=1S/C7H8F6N2O2/c1-3-14-17-4(16)15-5(2,6(8,9)10)7(11,12)13/h3H,1-2H3,(H,15,16). The molecule has 0 aromatic rings. The highest BCUT2D eigenvalue weighted by Gasteiger charge is 2.69. The predicted octanol–water partition coefficient (Wildman–Crippen LogP) is 2.60. The lowest BCUT2D eigenvalue weighted by atomic mass is 10.0. The molecule has 0 fully saturated rings. The normalized spacial score (nSPS) is 13.9. The first-order valence-electron chi connectivity index (χ1n) is 4.06. The minimum absolute atomic E-state index is 0.218. The van der Waals surface area contributed by atoms with Crippen LogP contribution in [0.15, 0.2) is 5.16 Å². The zero-order valence-electron chi connectivity index (χ0n) is 8.61. The van der Waals surface area contributed by atoms with Gasteiger partial charge in [-0.3, -0.25) is 10.2 Å². The third-order valence-electron chi connectivity index (χ3n) is 1.73. The van der Waals surface area contributed by atoms with Crippen LogP contribution in [0.4, 0.5) is 31.1 Å². The van der Waals surface area contributed by atoms with Gasteiger partial charge in [0.1, 0.15) is 0 Å². The Labute approximate surface area is 91.6 Å². The molecule has 0 saturated heterocycles. The number of hydrogen-bond acceptors (Lipinski definition) is 3. The van der Waals surface area contributed by atoms with Gasteiger partial charge in [0, 0.05) is 6.21 Å². The van der Waals surface area contributed by atoms with Crippen molar-refractivity contribution in [1.29, 1.82) is 0 Å². The molecule has 100 valence electrons. The van der Waals surface area contributed by atoms with Crippen molar-refractivity contribution in [3.8, 4) is 0 Å². The fourth-order valence-corrected chi connectivity index (χ4v) is 0.630. The molecular weight excluding hydrogens is 258 g/mol. The molecular formula is C7H8F6N2O2. The van der Waals surface area contributed by atoms with E-state index in [1.165, 1.54) is 6.92 Å². The summed E-state index contributed by atoms with van der Waals surface area (Å²) in [6, 6.07) is 0. The lowest BCUT2D eigenvalue weighted by Gasteiger charge is -2.33. The fraction of sp³-hybridized carbons (Fsp3) is 0.714. The highest BCUT2D eigenvalue weighted by molar-refractivity contribution is 5.69. The van der Waals surface area contributed by atoms with Crippen molar-refractivity contribution in [3.05, 3.63) is 0 Å². The maximum atomic E-state index is 12.3. The topological polar surface area (TPSA) is 50.7 Å². The first kappa shape index (κ1) is 15.5. The minimum Gasteiger partial charge on any atom is -0.298 e. The zero-order chi connectivity index (χ0) is 13.9. The summed E-state index contributed by atoms with van der Waals surface area (Å²) >= 11 is 0. The second-order valence-electron chi connectivity index (χ2n) is 2.99. The van der Waals surface area contributed by atoms with Crippen LogP contribution < -0.4 is 5.32 Å². The Morgan fingerprint density at radius 2 is 1.59 bits per heavy atom. The van der Waals surface area contributed by atoms with E-state index in [9.17, 15) is 31.1 Å². The maximum absolute atomic E-state index is 12.3. The van der Waals surface area contributed by atoms with E-state index < -0.39 is 24.0 Å². The molecule has 17 heavy (non-hydrogen) atoms. The number of nitrogens with zero attached hydrogens (tertiary/aromatic N) is 1. The van der Waals surface area contributed by atoms with E-state index in [-0.39, 0.29) is 6.92 Å². The average molecular weight is 266 g/mol.